The molecule has 2 aromatic carbocycles. The molecule has 0 saturated heterocycles. The number of hydrogen-bond donors (Lipinski definition) is 1. The first-order chi connectivity index (χ1) is 10.7. The fraction of sp³-hybridized carbons (Fsp3) is 0. The molecule has 0 spiro atoms. The Labute approximate surface area is 130 Å². The molecule has 0 radical (unpaired) electrons. The molecule has 108 valence electrons. The van der Waals surface area contributed by atoms with Gasteiger partial charge in [0, 0.05) is 10.9 Å². The summed E-state index contributed by atoms with van der Waals surface area (Å²) in [6.45, 7) is 0. The zero-order valence-corrected chi connectivity index (χ0v) is 12.3. The average Bonchev–Trinajstić information content (AvgIpc) is 3.10. The summed E-state index contributed by atoms with van der Waals surface area (Å²) in [5.41, 5.74) is 9.90. The molecule has 0 atom stereocenters. The number of aromatic nitrogens is 2. The molecule has 0 fully saturated rings. The first-order valence-electron chi connectivity index (χ1n) is 6.81. The summed E-state index contributed by atoms with van der Waals surface area (Å²) in [5.74, 6) is 0.301. The molecule has 0 unspecified atom stereocenters. The molecule has 2 heterocycles. The summed E-state index contributed by atoms with van der Waals surface area (Å²) in [6.07, 6.45) is 0. The fourth-order valence-electron chi connectivity index (χ4n) is 2.51. The molecule has 5 heteroatoms. The second kappa shape index (κ2) is 4.96. The first kappa shape index (κ1) is 13.0. The minimum atomic E-state index is -0.270. The zero-order chi connectivity index (χ0) is 15.1. The van der Waals surface area contributed by atoms with Crippen molar-refractivity contribution >= 4 is 22.1 Å². The number of fused-ring (bicyclic) bond motifs is 1. The molecule has 0 aliphatic carbocycles. The maximum atomic E-state index is 13.1. The van der Waals surface area contributed by atoms with E-state index in [1.54, 1.807) is 12.1 Å². The third-order valence-corrected chi connectivity index (χ3v) is 4.41. The van der Waals surface area contributed by atoms with Crippen LogP contribution in [0.15, 0.2) is 60.0 Å². The number of nitrogens with zero attached hydrogens (tertiary/aromatic N) is 2. The van der Waals surface area contributed by atoms with Crippen LogP contribution < -0.4 is 5.73 Å². The van der Waals surface area contributed by atoms with E-state index in [1.807, 2.05) is 40.1 Å². The Hall–Kier alpha value is -2.66. The highest BCUT2D eigenvalue weighted by molar-refractivity contribution is 7.15. The summed E-state index contributed by atoms with van der Waals surface area (Å²) in [6, 6.07) is 16.3. The van der Waals surface area contributed by atoms with E-state index in [0.717, 1.165) is 21.8 Å². The second-order valence-electron chi connectivity index (χ2n) is 4.96. The molecular weight excluding hydrogens is 297 g/mol. The Balaban J connectivity index is 1.92. The summed E-state index contributed by atoms with van der Waals surface area (Å²) in [5, 5.41) is 2.04. The maximum absolute atomic E-state index is 13.1. The lowest BCUT2D eigenvalue weighted by Crippen LogP contribution is -1.95. The minimum absolute atomic E-state index is 0.270. The molecule has 4 aromatic rings. The monoisotopic (exact) mass is 309 g/mol. The van der Waals surface area contributed by atoms with Gasteiger partial charge in [-0.05, 0) is 29.8 Å². The highest BCUT2D eigenvalue weighted by Gasteiger charge is 2.16. The normalized spacial score (nSPS) is 11.1. The van der Waals surface area contributed by atoms with Gasteiger partial charge in [0.15, 0.2) is 4.96 Å². The van der Waals surface area contributed by atoms with Gasteiger partial charge < -0.3 is 5.73 Å². The van der Waals surface area contributed by atoms with Crippen LogP contribution in [0.2, 0.25) is 0 Å². The lowest BCUT2D eigenvalue weighted by Gasteiger charge is -2.03. The van der Waals surface area contributed by atoms with Crippen molar-refractivity contribution in [2.24, 2.45) is 0 Å². The van der Waals surface area contributed by atoms with Crippen LogP contribution in [0.3, 0.4) is 0 Å². The van der Waals surface area contributed by atoms with Crippen molar-refractivity contribution in [1.82, 2.24) is 9.38 Å². The van der Waals surface area contributed by atoms with Gasteiger partial charge in [0.25, 0.3) is 0 Å². The van der Waals surface area contributed by atoms with Gasteiger partial charge in [-0.1, -0.05) is 30.3 Å². The highest BCUT2D eigenvalue weighted by atomic mass is 32.1. The number of halogens is 1. The van der Waals surface area contributed by atoms with E-state index in [0.29, 0.717) is 11.5 Å². The van der Waals surface area contributed by atoms with Gasteiger partial charge in [0.2, 0.25) is 0 Å². The van der Waals surface area contributed by atoms with Gasteiger partial charge in [-0.15, -0.1) is 11.3 Å². The Kier molecular flexibility index (Phi) is 2.94. The van der Waals surface area contributed by atoms with Crippen molar-refractivity contribution in [1.29, 1.82) is 0 Å². The molecule has 0 aliphatic rings. The van der Waals surface area contributed by atoms with Gasteiger partial charge in [0.1, 0.15) is 17.3 Å². The molecule has 0 amide bonds. The van der Waals surface area contributed by atoms with Crippen molar-refractivity contribution < 1.29 is 4.39 Å². The molecule has 2 N–H and O–H groups in total. The number of nitrogen functional groups attached to an aromatic ring is 1. The van der Waals surface area contributed by atoms with Crippen LogP contribution in [0.25, 0.3) is 27.5 Å². The molecule has 0 saturated carbocycles. The molecule has 2 aromatic heterocycles. The number of rotatable bonds is 2. The Morgan fingerprint density at radius 2 is 1.68 bits per heavy atom. The van der Waals surface area contributed by atoms with Gasteiger partial charge in [-0.2, -0.15) is 0 Å². The van der Waals surface area contributed by atoms with E-state index >= 15 is 0 Å². The molecule has 3 nitrogen and oxygen atoms in total. The van der Waals surface area contributed by atoms with Crippen LogP contribution in [0.1, 0.15) is 0 Å². The summed E-state index contributed by atoms with van der Waals surface area (Å²) in [7, 11) is 0. The third-order valence-electron chi connectivity index (χ3n) is 3.59. The van der Waals surface area contributed by atoms with Gasteiger partial charge in [0.05, 0.1) is 5.69 Å². The Morgan fingerprint density at radius 3 is 2.41 bits per heavy atom. The minimum Gasteiger partial charge on any atom is -0.383 e. The van der Waals surface area contributed by atoms with Crippen molar-refractivity contribution in [3.8, 4) is 22.5 Å². The number of benzene rings is 2. The maximum Gasteiger partial charge on any atom is 0.196 e. The first-order valence-corrected chi connectivity index (χ1v) is 7.69. The molecule has 0 aliphatic heterocycles. The van der Waals surface area contributed by atoms with E-state index in [2.05, 4.69) is 4.98 Å². The Morgan fingerprint density at radius 1 is 0.955 bits per heavy atom. The zero-order valence-electron chi connectivity index (χ0n) is 11.5. The smallest absolute Gasteiger partial charge is 0.196 e. The van der Waals surface area contributed by atoms with Crippen LogP contribution >= 0.6 is 11.3 Å². The molecular formula is C17H12FN3S. The quantitative estimate of drug-likeness (QED) is 0.594. The number of anilines is 1. The summed E-state index contributed by atoms with van der Waals surface area (Å²) in [4.78, 5) is 5.42. The topological polar surface area (TPSA) is 43.3 Å². The predicted molar refractivity (Wildman–Crippen MR) is 88.3 cm³/mol. The fourth-order valence-corrected chi connectivity index (χ4v) is 3.42. The van der Waals surface area contributed by atoms with Crippen molar-refractivity contribution in [3.63, 3.8) is 0 Å². The number of hydrogen-bond acceptors (Lipinski definition) is 3. The number of imidazole rings is 1. The van der Waals surface area contributed by atoms with Crippen LogP contribution in [0.4, 0.5) is 10.2 Å². The van der Waals surface area contributed by atoms with Crippen molar-refractivity contribution in [3.05, 3.63) is 65.8 Å². The lowest BCUT2D eigenvalue weighted by atomic mass is 10.1. The highest BCUT2D eigenvalue weighted by Crippen LogP contribution is 2.34. The molecule has 22 heavy (non-hydrogen) atoms. The lowest BCUT2D eigenvalue weighted by molar-refractivity contribution is 0.628. The van der Waals surface area contributed by atoms with Gasteiger partial charge in [-0.25, -0.2) is 9.37 Å². The molecule has 4 rings (SSSR count). The Bertz CT molecular complexity index is 939. The van der Waals surface area contributed by atoms with Gasteiger partial charge >= 0.3 is 0 Å². The van der Waals surface area contributed by atoms with Crippen molar-refractivity contribution in [2.75, 3.05) is 5.73 Å². The van der Waals surface area contributed by atoms with E-state index in [9.17, 15) is 4.39 Å². The van der Waals surface area contributed by atoms with Crippen molar-refractivity contribution in [2.45, 2.75) is 0 Å². The SMILES string of the molecule is Nc1c(-c2ccc(F)cc2)nc2scc(-c3ccccc3)n12. The van der Waals surface area contributed by atoms with E-state index in [4.69, 9.17) is 5.73 Å². The standard InChI is InChI=1S/C17H12FN3S/c18-13-8-6-12(7-9-13)15-16(19)21-14(10-22-17(21)20-15)11-4-2-1-3-5-11/h1-10H,19H2. The summed E-state index contributed by atoms with van der Waals surface area (Å²) >= 11 is 1.54. The van der Waals surface area contributed by atoms with Gasteiger partial charge in [-0.3, -0.25) is 4.40 Å². The van der Waals surface area contributed by atoms with Crippen LogP contribution in [-0.2, 0) is 0 Å². The average molecular weight is 309 g/mol. The second-order valence-corrected chi connectivity index (χ2v) is 5.79. The number of thiazole rings is 1. The summed E-state index contributed by atoms with van der Waals surface area (Å²) < 4.78 is 15.0. The molecule has 0 bridgehead atoms. The van der Waals surface area contributed by atoms with E-state index in [1.165, 1.54) is 23.5 Å². The van der Waals surface area contributed by atoms with Crippen LogP contribution in [0, 0.1) is 5.82 Å². The van der Waals surface area contributed by atoms with Crippen LogP contribution in [-0.4, -0.2) is 9.38 Å². The third kappa shape index (κ3) is 1.98. The predicted octanol–water partition coefficient (Wildman–Crippen LogP) is 4.45. The number of nitrogens with two attached hydrogens (primary N) is 1. The van der Waals surface area contributed by atoms with E-state index in [-0.39, 0.29) is 5.82 Å². The van der Waals surface area contributed by atoms with Crippen LogP contribution in [0.5, 0.6) is 0 Å². The van der Waals surface area contributed by atoms with E-state index < -0.39 is 0 Å². The largest absolute Gasteiger partial charge is 0.383 e.